The highest BCUT2D eigenvalue weighted by atomic mass is 16.5. The second-order valence-electron chi connectivity index (χ2n) is 9.24. The van der Waals surface area contributed by atoms with Gasteiger partial charge in [-0.05, 0) is 30.7 Å². The first-order valence-electron chi connectivity index (χ1n) is 12.8. The molecule has 0 atom stereocenters. The van der Waals surface area contributed by atoms with E-state index in [1.807, 2.05) is 55.5 Å². The van der Waals surface area contributed by atoms with E-state index >= 15 is 0 Å². The molecule has 200 valence electrons. The van der Waals surface area contributed by atoms with Gasteiger partial charge in [-0.2, -0.15) is 10.4 Å². The van der Waals surface area contributed by atoms with E-state index in [4.69, 9.17) is 9.47 Å². The maximum atomic E-state index is 12.6. The summed E-state index contributed by atoms with van der Waals surface area (Å²) in [5, 5.41) is 23.4. The number of nitriles is 1. The van der Waals surface area contributed by atoms with Crippen LogP contribution < -0.4 is 20.7 Å². The van der Waals surface area contributed by atoms with Crippen LogP contribution in [0.3, 0.4) is 0 Å². The third-order valence-electron chi connectivity index (χ3n) is 6.82. The first-order valence-corrected chi connectivity index (χ1v) is 12.8. The number of rotatable bonds is 8. The molecule has 1 fully saturated rings. The van der Waals surface area contributed by atoms with Gasteiger partial charge in [0.05, 0.1) is 55.2 Å². The zero-order valence-electron chi connectivity index (χ0n) is 22.0. The molecule has 2 amide bonds. The number of aromatic nitrogens is 2. The Bertz CT molecular complexity index is 1500. The monoisotopic (exact) mass is 525 g/mol. The minimum atomic E-state index is -0.288. The summed E-state index contributed by atoms with van der Waals surface area (Å²) < 4.78 is 12.5. The number of hydrogen-bond donors (Lipinski definition) is 3. The number of benzene rings is 2. The van der Waals surface area contributed by atoms with Gasteiger partial charge in [-0.15, -0.1) is 0 Å². The quantitative estimate of drug-likeness (QED) is 0.313. The fourth-order valence-electron chi connectivity index (χ4n) is 4.70. The molecular formula is C29H31N7O3. The van der Waals surface area contributed by atoms with Crippen LogP contribution in [0, 0.1) is 18.3 Å². The fourth-order valence-corrected chi connectivity index (χ4v) is 4.70. The normalized spacial score (nSPS) is 13.6. The van der Waals surface area contributed by atoms with E-state index in [2.05, 4.69) is 32.0 Å². The lowest BCUT2D eigenvalue weighted by Gasteiger charge is -2.26. The molecule has 10 heteroatoms. The molecule has 10 nitrogen and oxygen atoms in total. The Morgan fingerprint density at radius 1 is 1.15 bits per heavy atom. The summed E-state index contributed by atoms with van der Waals surface area (Å²) in [7, 11) is 1.66. The van der Waals surface area contributed by atoms with Gasteiger partial charge < -0.3 is 25.4 Å². The number of para-hydroxylation sites is 1. The maximum absolute atomic E-state index is 12.6. The lowest BCUT2D eigenvalue weighted by atomic mass is 10.0. The SMILES string of the molecule is COc1ccccc1-c1ccc(Nc2c(C#N)cnn3cc(NC(=O)NCCN4CCOCC4)c(C)c23)cc1. The van der Waals surface area contributed by atoms with Crippen LogP contribution >= 0.6 is 0 Å². The fraction of sp³-hybridized carbons (Fsp3) is 0.276. The van der Waals surface area contributed by atoms with Crippen LogP contribution in [0.4, 0.5) is 21.9 Å². The van der Waals surface area contributed by atoms with Gasteiger partial charge in [-0.3, -0.25) is 4.90 Å². The van der Waals surface area contributed by atoms with Gasteiger partial charge in [0.2, 0.25) is 0 Å². The van der Waals surface area contributed by atoms with Gasteiger partial charge in [-0.1, -0.05) is 30.3 Å². The van der Waals surface area contributed by atoms with Crippen molar-refractivity contribution < 1.29 is 14.3 Å². The van der Waals surface area contributed by atoms with Crippen molar-refractivity contribution in [2.24, 2.45) is 0 Å². The molecule has 4 aromatic rings. The number of anilines is 3. The molecule has 0 saturated carbocycles. The molecule has 1 saturated heterocycles. The number of urea groups is 1. The number of morpholine rings is 1. The van der Waals surface area contributed by atoms with E-state index in [0.29, 0.717) is 29.0 Å². The van der Waals surface area contributed by atoms with Crippen molar-refractivity contribution >= 4 is 28.6 Å². The first-order chi connectivity index (χ1) is 19.1. The summed E-state index contributed by atoms with van der Waals surface area (Å²) in [6, 6.07) is 17.7. The molecule has 0 bridgehead atoms. The molecule has 39 heavy (non-hydrogen) atoms. The van der Waals surface area contributed by atoms with Gasteiger partial charge in [0.15, 0.2) is 0 Å². The van der Waals surface area contributed by atoms with Crippen molar-refractivity contribution in [1.29, 1.82) is 5.26 Å². The molecule has 1 aliphatic rings. The number of nitrogens with zero attached hydrogens (tertiary/aromatic N) is 4. The number of methoxy groups -OCH3 is 1. The van der Waals surface area contributed by atoms with Crippen LogP contribution in [0.15, 0.2) is 60.9 Å². The zero-order valence-corrected chi connectivity index (χ0v) is 22.0. The number of nitrogens with one attached hydrogen (secondary N) is 3. The molecule has 3 heterocycles. The van der Waals surface area contributed by atoms with E-state index in [1.165, 1.54) is 6.20 Å². The molecule has 1 aliphatic heterocycles. The highest BCUT2D eigenvalue weighted by molar-refractivity contribution is 5.95. The number of amides is 2. The summed E-state index contributed by atoms with van der Waals surface area (Å²) in [6.45, 7) is 6.40. The summed E-state index contributed by atoms with van der Waals surface area (Å²) in [4.78, 5) is 14.9. The van der Waals surface area contributed by atoms with E-state index < -0.39 is 0 Å². The highest BCUT2D eigenvalue weighted by Crippen LogP contribution is 2.34. The maximum Gasteiger partial charge on any atom is 0.319 e. The number of fused-ring (bicyclic) bond motifs is 1. The summed E-state index contributed by atoms with van der Waals surface area (Å²) in [6.07, 6.45) is 3.27. The molecule has 2 aromatic heterocycles. The van der Waals surface area contributed by atoms with Gasteiger partial charge in [0, 0.05) is 43.0 Å². The standard InChI is InChI=1S/C29H31N7O3/c1-20-25(34-29(37)31-11-12-35-13-15-39-16-14-35)19-36-28(20)27(22(17-30)18-32-36)33-23-9-7-21(8-10-23)24-5-3-4-6-26(24)38-2/h3-10,18-19,33H,11-16H2,1-2H3,(H2,31,34,37). The summed E-state index contributed by atoms with van der Waals surface area (Å²) in [5.41, 5.74) is 5.99. The van der Waals surface area contributed by atoms with Crippen LogP contribution in [0.1, 0.15) is 11.1 Å². The Kier molecular flexibility index (Phi) is 7.91. The van der Waals surface area contributed by atoms with Crippen LogP contribution in [0.5, 0.6) is 5.75 Å². The number of carbonyl (C=O) groups is 1. The molecule has 5 rings (SSSR count). The van der Waals surface area contributed by atoms with Crippen LogP contribution in [0.25, 0.3) is 16.6 Å². The Morgan fingerprint density at radius 2 is 1.92 bits per heavy atom. The van der Waals surface area contributed by atoms with Crippen molar-refractivity contribution in [3.05, 3.63) is 72.1 Å². The van der Waals surface area contributed by atoms with Crippen LogP contribution in [-0.4, -0.2) is 67.0 Å². The minimum absolute atomic E-state index is 0.288. The number of hydrogen-bond acceptors (Lipinski definition) is 7. The molecule has 2 aromatic carbocycles. The molecule has 0 unspecified atom stereocenters. The Balaban J connectivity index is 1.33. The average molecular weight is 526 g/mol. The number of aryl methyl sites for hydroxylation is 1. The lowest BCUT2D eigenvalue weighted by Crippen LogP contribution is -2.42. The van der Waals surface area contributed by atoms with E-state index in [0.717, 1.165) is 61.0 Å². The van der Waals surface area contributed by atoms with Crippen molar-refractivity contribution in [3.8, 4) is 22.9 Å². The van der Waals surface area contributed by atoms with Crippen LogP contribution in [0.2, 0.25) is 0 Å². The van der Waals surface area contributed by atoms with Crippen molar-refractivity contribution in [1.82, 2.24) is 19.8 Å². The van der Waals surface area contributed by atoms with Gasteiger partial charge in [-0.25, -0.2) is 9.31 Å². The van der Waals surface area contributed by atoms with Crippen LogP contribution in [-0.2, 0) is 4.74 Å². The van der Waals surface area contributed by atoms with Gasteiger partial charge in [0.1, 0.15) is 11.8 Å². The Hall–Kier alpha value is -4.59. The van der Waals surface area contributed by atoms with Crippen molar-refractivity contribution in [2.45, 2.75) is 6.92 Å². The second-order valence-corrected chi connectivity index (χ2v) is 9.24. The van der Waals surface area contributed by atoms with Gasteiger partial charge in [0.25, 0.3) is 0 Å². The predicted octanol–water partition coefficient (Wildman–Crippen LogP) is 4.39. The summed E-state index contributed by atoms with van der Waals surface area (Å²) >= 11 is 0. The average Bonchev–Trinajstić information content (AvgIpc) is 3.29. The third-order valence-corrected chi connectivity index (χ3v) is 6.82. The Labute approximate surface area is 227 Å². The largest absolute Gasteiger partial charge is 0.496 e. The number of carbonyl (C=O) groups excluding carboxylic acids is 1. The van der Waals surface area contributed by atoms with E-state index in [9.17, 15) is 10.1 Å². The molecule has 3 N–H and O–H groups in total. The minimum Gasteiger partial charge on any atom is -0.496 e. The molecule has 0 aliphatic carbocycles. The number of ether oxygens (including phenoxy) is 2. The second kappa shape index (κ2) is 11.9. The molecule has 0 radical (unpaired) electrons. The van der Waals surface area contributed by atoms with Crippen molar-refractivity contribution in [2.75, 3.05) is 57.1 Å². The van der Waals surface area contributed by atoms with E-state index in [-0.39, 0.29) is 6.03 Å². The summed E-state index contributed by atoms with van der Waals surface area (Å²) in [5.74, 6) is 0.801. The lowest BCUT2D eigenvalue weighted by molar-refractivity contribution is 0.0388. The first kappa shape index (κ1) is 26.0. The molecular weight excluding hydrogens is 494 g/mol. The smallest absolute Gasteiger partial charge is 0.319 e. The van der Waals surface area contributed by atoms with E-state index in [1.54, 1.807) is 17.8 Å². The highest BCUT2D eigenvalue weighted by Gasteiger charge is 2.18. The predicted molar refractivity (Wildman–Crippen MR) is 151 cm³/mol. The zero-order chi connectivity index (χ0) is 27.2. The molecule has 0 spiro atoms. The van der Waals surface area contributed by atoms with Crippen molar-refractivity contribution in [3.63, 3.8) is 0 Å². The Morgan fingerprint density at radius 3 is 2.67 bits per heavy atom. The van der Waals surface area contributed by atoms with Gasteiger partial charge >= 0.3 is 6.03 Å². The third kappa shape index (κ3) is 5.80. The topological polar surface area (TPSA) is 116 Å².